The summed E-state index contributed by atoms with van der Waals surface area (Å²) in [5.41, 5.74) is 2.95. The first-order valence-corrected chi connectivity index (χ1v) is 7.60. The van der Waals surface area contributed by atoms with Crippen molar-refractivity contribution in [3.8, 4) is 0 Å². The highest BCUT2D eigenvalue weighted by Gasteiger charge is 2.13. The van der Waals surface area contributed by atoms with Gasteiger partial charge in [0.15, 0.2) is 0 Å². The monoisotopic (exact) mass is 283 g/mol. The van der Waals surface area contributed by atoms with Crippen molar-refractivity contribution in [1.29, 1.82) is 0 Å². The second kappa shape index (κ2) is 6.84. The molecule has 1 N–H and O–H groups in total. The molecule has 0 fully saturated rings. The van der Waals surface area contributed by atoms with E-state index in [0.29, 0.717) is 13.2 Å². The summed E-state index contributed by atoms with van der Waals surface area (Å²) in [5, 5.41) is 0. The number of rotatable bonds is 7. The minimum Gasteiger partial charge on any atom is -0.376 e. The smallest absolute Gasteiger partial charge is 0.240 e. The lowest BCUT2D eigenvalue weighted by atomic mass is 10.1. The molecule has 0 radical (unpaired) electrons. The fourth-order valence-electron chi connectivity index (χ4n) is 1.46. The standard InChI is InChI=1S/C14H21NO3S/c1-11(2)10-18-8-7-15-19(16,17)14-6-5-12(3)13(4)9-14/h5-6,9,15H,1,7-8,10H2,2-4H3. The van der Waals surface area contributed by atoms with Gasteiger partial charge < -0.3 is 4.74 Å². The van der Waals surface area contributed by atoms with Gasteiger partial charge >= 0.3 is 0 Å². The Morgan fingerprint density at radius 1 is 1.32 bits per heavy atom. The normalized spacial score (nSPS) is 11.5. The summed E-state index contributed by atoms with van der Waals surface area (Å²) in [6.45, 7) is 10.4. The molecule has 106 valence electrons. The summed E-state index contributed by atoms with van der Waals surface area (Å²) >= 11 is 0. The fourth-order valence-corrected chi connectivity index (χ4v) is 2.56. The third-order valence-electron chi connectivity index (χ3n) is 2.68. The molecule has 0 saturated heterocycles. The molecule has 1 rings (SSSR count). The van der Waals surface area contributed by atoms with E-state index in [2.05, 4.69) is 11.3 Å². The molecular weight excluding hydrogens is 262 g/mol. The predicted octanol–water partition coefficient (Wildman–Crippen LogP) is 2.17. The molecule has 0 aliphatic rings. The third-order valence-corrected chi connectivity index (χ3v) is 4.13. The van der Waals surface area contributed by atoms with Crippen LogP contribution >= 0.6 is 0 Å². The van der Waals surface area contributed by atoms with E-state index >= 15 is 0 Å². The van der Waals surface area contributed by atoms with Crippen molar-refractivity contribution in [2.75, 3.05) is 19.8 Å². The molecular formula is C14H21NO3S. The Bertz CT molecular complexity index is 550. The van der Waals surface area contributed by atoms with Gasteiger partial charge in [-0.3, -0.25) is 0 Å². The van der Waals surface area contributed by atoms with Crippen molar-refractivity contribution in [2.24, 2.45) is 0 Å². The number of aryl methyl sites for hydroxylation is 2. The number of benzene rings is 1. The van der Waals surface area contributed by atoms with Gasteiger partial charge in [0.25, 0.3) is 0 Å². The summed E-state index contributed by atoms with van der Waals surface area (Å²) in [6.07, 6.45) is 0. The number of hydrogen-bond donors (Lipinski definition) is 1. The third kappa shape index (κ3) is 5.14. The zero-order valence-electron chi connectivity index (χ0n) is 11.7. The van der Waals surface area contributed by atoms with E-state index < -0.39 is 10.0 Å². The predicted molar refractivity (Wildman–Crippen MR) is 76.7 cm³/mol. The Morgan fingerprint density at radius 2 is 2.00 bits per heavy atom. The highest BCUT2D eigenvalue weighted by Crippen LogP contribution is 2.14. The van der Waals surface area contributed by atoms with Crippen LogP contribution in [-0.4, -0.2) is 28.2 Å². The summed E-state index contributed by atoms with van der Waals surface area (Å²) in [5.74, 6) is 0. The van der Waals surface area contributed by atoms with Gasteiger partial charge in [0.1, 0.15) is 0 Å². The number of nitrogens with one attached hydrogen (secondary N) is 1. The van der Waals surface area contributed by atoms with Crippen LogP contribution in [0.4, 0.5) is 0 Å². The maximum absolute atomic E-state index is 12.0. The van der Waals surface area contributed by atoms with Gasteiger partial charge in [-0.05, 0) is 44.0 Å². The van der Waals surface area contributed by atoms with E-state index in [1.54, 1.807) is 12.1 Å². The molecule has 5 heteroatoms. The fraction of sp³-hybridized carbons (Fsp3) is 0.429. The molecule has 0 aliphatic carbocycles. The summed E-state index contributed by atoms with van der Waals surface area (Å²) in [6, 6.07) is 5.09. The van der Waals surface area contributed by atoms with Gasteiger partial charge in [0.2, 0.25) is 10.0 Å². The molecule has 19 heavy (non-hydrogen) atoms. The lowest BCUT2D eigenvalue weighted by Gasteiger charge is -2.09. The van der Waals surface area contributed by atoms with Crippen LogP contribution in [0.1, 0.15) is 18.1 Å². The first-order valence-electron chi connectivity index (χ1n) is 6.12. The second-order valence-electron chi connectivity index (χ2n) is 4.65. The maximum atomic E-state index is 12.0. The molecule has 0 heterocycles. The average Bonchev–Trinajstić information content (AvgIpc) is 2.31. The van der Waals surface area contributed by atoms with Gasteiger partial charge in [0.05, 0.1) is 18.1 Å². The molecule has 0 spiro atoms. The Labute approximate surface area is 115 Å². The van der Waals surface area contributed by atoms with Crippen LogP contribution in [0.25, 0.3) is 0 Å². The highest BCUT2D eigenvalue weighted by molar-refractivity contribution is 7.89. The van der Waals surface area contributed by atoms with E-state index in [1.165, 1.54) is 0 Å². The molecule has 0 aliphatic heterocycles. The summed E-state index contributed by atoms with van der Waals surface area (Å²) in [7, 11) is -3.45. The minimum absolute atomic E-state index is 0.253. The summed E-state index contributed by atoms with van der Waals surface area (Å²) < 4.78 is 31.8. The molecule has 0 bridgehead atoms. The largest absolute Gasteiger partial charge is 0.376 e. The van der Waals surface area contributed by atoms with Crippen molar-refractivity contribution in [3.63, 3.8) is 0 Å². The molecule has 0 saturated carbocycles. The van der Waals surface area contributed by atoms with Gasteiger partial charge in [-0.1, -0.05) is 18.2 Å². The van der Waals surface area contributed by atoms with Crippen molar-refractivity contribution < 1.29 is 13.2 Å². The first-order chi connectivity index (χ1) is 8.83. The van der Waals surface area contributed by atoms with E-state index in [0.717, 1.165) is 16.7 Å². The maximum Gasteiger partial charge on any atom is 0.240 e. The number of ether oxygens (including phenoxy) is 1. The summed E-state index contributed by atoms with van der Waals surface area (Å²) in [4.78, 5) is 0.288. The van der Waals surface area contributed by atoms with E-state index in [9.17, 15) is 8.42 Å². The highest BCUT2D eigenvalue weighted by atomic mass is 32.2. The van der Waals surface area contributed by atoms with Gasteiger partial charge in [-0.15, -0.1) is 0 Å². The van der Waals surface area contributed by atoms with Gasteiger partial charge in [0, 0.05) is 6.54 Å². The van der Waals surface area contributed by atoms with Crippen molar-refractivity contribution in [1.82, 2.24) is 4.72 Å². The van der Waals surface area contributed by atoms with E-state index in [1.807, 2.05) is 26.8 Å². The van der Waals surface area contributed by atoms with Crippen LogP contribution in [0.5, 0.6) is 0 Å². The molecule has 4 nitrogen and oxygen atoms in total. The molecule has 1 aromatic carbocycles. The molecule has 0 amide bonds. The average molecular weight is 283 g/mol. The Kier molecular flexibility index (Phi) is 5.72. The number of sulfonamides is 1. The lowest BCUT2D eigenvalue weighted by molar-refractivity contribution is 0.162. The van der Waals surface area contributed by atoms with E-state index in [4.69, 9.17) is 4.74 Å². The molecule has 0 atom stereocenters. The topological polar surface area (TPSA) is 55.4 Å². The van der Waals surface area contributed by atoms with Gasteiger partial charge in [-0.25, -0.2) is 13.1 Å². The van der Waals surface area contributed by atoms with Crippen LogP contribution in [-0.2, 0) is 14.8 Å². The molecule has 1 aromatic rings. The van der Waals surface area contributed by atoms with E-state index in [-0.39, 0.29) is 11.4 Å². The molecule has 0 unspecified atom stereocenters. The minimum atomic E-state index is -3.45. The van der Waals surface area contributed by atoms with Crippen LogP contribution in [0.3, 0.4) is 0 Å². The van der Waals surface area contributed by atoms with Crippen molar-refractivity contribution >= 4 is 10.0 Å². The van der Waals surface area contributed by atoms with Crippen LogP contribution in [0.2, 0.25) is 0 Å². The lowest BCUT2D eigenvalue weighted by Crippen LogP contribution is -2.27. The second-order valence-corrected chi connectivity index (χ2v) is 6.42. The first kappa shape index (κ1) is 15.9. The van der Waals surface area contributed by atoms with Crippen LogP contribution < -0.4 is 4.72 Å². The Hall–Kier alpha value is -1.17. The zero-order valence-corrected chi connectivity index (χ0v) is 12.5. The van der Waals surface area contributed by atoms with Crippen molar-refractivity contribution in [3.05, 3.63) is 41.5 Å². The number of hydrogen-bond acceptors (Lipinski definition) is 3. The Balaban J connectivity index is 2.56. The van der Waals surface area contributed by atoms with Crippen LogP contribution in [0.15, 0.2) is 35.2 Å². The SMILES string of the molecule is C=C(C)COCCNS(=O)(=O)c1ccc(C)c(C)c1. The van der Waals surface area contributed by atoms with Crippen LogP contribution in [0, 0.1) is 13.8 Å². The zero-order chi connectivity index (χ0) is 14.5. The molecule has 0 aromatic heterocycles. The van der Waals surface area contributed by atoms with Gasteiger partial charge in [-0.2, -0.15) is 0 Å². The quantitative estimate of drug-likeness (QED) is 0.616. The Morgan fingerprint density at radius 3 is 2.58 bits per heavy atom. The van der Waals surface area contributed by atoms with Crippen molar-refractivity contribution in [2.45, 2.75) is 25.7 Å².